The first-order valence-corrected chi connectivity index (χ1v) is 8.95. The SMILES string of the molecule is Cl.Cn1c(CC(=O)Nc2ccc(C#N)cc2)cs/c1=N/c1ccc(C#N)cc1. The van der Waals surface area contributed by atoms with E-state index in [4.69, 9.17) is 10.5 Å². The van der Waals surface area contributed by atoms with Gasteiger partial charge in [0.25, 0.3) is 0 Å². The fourth-order valence-electron chi connectivity index (χ4n) is 2.38. The van der Waals surface area contributed by atoms with E-state index in [1.54, 1.807) is 48.5 Å². The first-order valence-electron chi connectivity index (χ1n) is 8.07. The molecular formula is C20H16ClN5OS. The minimum absolute atomic E-state index is 0. The maximum absolute atomic E-state index is 12.3. The summed E-state index contributed by atoms with van der Waals surface area (Å²) in [5, 5.41) is 22.4. The van der Waals surface area contributed by atoms with Crippen LogP contribution in [0.2, 0.25) is 0 Å². The van der Waals surface area contributed by atoms with Gasteiger partial charge in [0.1, 0.15) is 0 Å². The number of thiazole rings is 1. The zero-order valence-electron chi connectivity index (χ0n) is 14.9. The number of benzene rings is 2. The van der Waals surface area contributed by atoms with Gasteiger partial charge >= 0.3 is 0 Å². The Kier molecular flexibility index (Phi) is 7.11. The maximum Gasteiger partial charge on any atom is 0.230 e. The van der Waals surface area contributed by atoms with Crippen LogP contribution in [-0.2, 0) is 18.3 Å². The van der Waals surface area contributed by atoms with Crippen LogP contribution < -0.4 is 10.1 Å². The van der Waals surface area contributed by atoms with Crippen molar-refractivity contribution < 1.29 is 4.79 Å². The van der Waals surface area contributed by atoms with Crippen LogP contribution in [0, 0.1) is 22.7 Å². The van der Waals surface area contributed by atoms with Gasteiger partial charge in [0.05, 0.1) is 35.4 Å². The fourth-order valence-corrected chi connectivity index (χ4v) is 3.30. The Balaban J connectivity index is 0.00000280. The summed E-state index contributed by atoms with van der Waals surface area (Å²) in [5.74, 6) is -0.141. The number of aromatic nitrogens is 1. The lowest BCUT2D eigenvalue weighted by atomic mass is 10.2. The molecule has 0 bridgehead atoms. The molecule has 0 saturated carbocycles. The summed E-state index contributed by atoms with van der Waals surface area (Å²) in [4.78, 5) is 17.6. The van der Waals surface area contributed by atoms with Crippen molar-refractivity contribution >= 4 is 41.0 Å². The molecule has 0 saturated heterocycles. The van der Waals surface area contributed by atoms with Crippen molar-refractivity contribution in [2.75, 3.05) is 5.32 Å². The average molecular weight is 410 g/mol. The van der Waals surface area contributed by atoms with Crippen molar-refractivity contribution in [3.63, 3.8) is 0 Å². The third-order valence-electron chi connectivity index (χ3n) is 3.88. The molecular weight excluding hydrogens is 394 g/mol. The Hall–Kier alpha value is -3.39. The second-order valence-corrected chi connectivity index (χ2v) is 6.59. The third kappa shape index (κ3) is 5.08. The van der Waals surface area contributed by atoms with Crippen molar-refractivity contribution in [3.8, 4) is 12.1 Å². The summed E-state index contributed by atoms with van der Waals surface area (Å²) in [6.07, 6.45) is 0.218. The van der Waals surface area contributed by atoms with Gasteiger partial charge in [-0.1, -0.05) is 0 Å². The standard InChI is InChI=1S/C20H15N5OS.ClH/c1-25-18(10-19(26)23-16-6-2-14(11-21)3-7-16)13-27-20(25)24-17-8-4-15(12-22)5-9-17;/h2-9,13H,10H2,1H3,(H,23,26);1H/b24-20+;. The van der Waals surface area contributed by atoms with Crippen molar-refractivity contribution in [1.29, 1.82) is 10.5 Å². The van der Waals surface area contributed by atoms with E-state index in [-0.39, 0.29) is 24.7 Å². The lowest BCUT2D eigenvalue weighted by molar-refractivity contribution is -0.115. The van der Waals surface area contributed by atoms with Crippen LogP contribution in [0.1, 0.15) is 16.8 Å². The van der Waals surface area contributed by atoms with Gasteiger partial charge in [0.2, 0.25) is 5.91 Å². The van der Waals surface area contributed by atoms with E-state index in [1.165, 1.54) is 11.3 Å². The molecule has 0 spiro atoms. The number of halogens is 1. The molecule has 0 atom stereocenters. The molecule has 8 heteroatoms. The molecule has 1 amide bonds. The number of carbonyl (C=O) groups is 1. The Morgan fingerprint density at radius 3 is 2.21 bits per heavy atom. The number of nitrogens with zero attached hydrogens (tertiary/aromatic N) is 4. The Bertz CT molecular complexity index is 1120. The molecule has 0 aliphatic heterocycles. The summed E-state index contributed by atoms with van der Waals surface area (Å²) in [7, 11) is 1.86. The molecule has 2 aromatic carbocycles. The van der Waals surface area contributed by atoms with Crippen LogP contribution in [0.3, 0.4) is 0 Å². The lowest BCUT2D eigenvalue weighted by Gasteiger charge is -2.06. The normalized spacial score (nSPS) is 10.5. The molecule has 1 aromatic heterocycles. The zero-order valence-corrected chi connectivity index (χ0v) is 16.5. The molecule has 1 heterocycles. The van der Waals surface area contributed by atoms with Crippen molar-refractivity contribution in [2.24, 2.45) is 12.0 Å². The highest BCUT2D eigenvalue weighted by Gasteiger charge is 2.09. The summed E-state index contributed by atoms with van der Waals surface area (Å²) in [6, 6.07) is 17.9. The number of anilines is 1. The van der Waals surface area contributed by atoms with Gasteiger partial charge in [-0.15, -0.1) is 23.7 Å². The van der Waals surface area contributed by atoms with Gasteiger partial charge in [0, 0.05) is 23.8 Å². The van der Waals surface area contributed by atoms with Gasteiger partial charge in [0.15, 0.2) is 4.80 Å². The Morgan fingerprint density at radius 2 is 1.64 bits per heavy atom. The summed E-state index contributed by atoms with van der Waals surface area (Å²) in [5.41, 5.74) is 3.38. The second-order valence-electron chi connectivity index (χ2n) is 5.75. The predicted molar refractivity (Wildman–Crippen MR) is 110 cm³/mol. The van der Waals surface area contributed by atoms with E-state index in [0.717, 1.165) is 16.2 Å². The molecule has 3 aromatic rings. The quantitative estimate of drug-likeness (QED) is 0.712. The zero-order chi connectivity index (χ0) is 19.2. The number of carbonyl (C=O) groups excluding carboxylic acids is 1. The summed E-state index contributed by atoms with van der Waals surface area (Å²) >= 11 is 1.45. The first kappa shape index (κ1) is 20.9. The summed E-state index contributed by atoms with van der Waals surface area (Å²) < 4.78 is 1.88. The van der Waals surface area contributed by atoms with Crippen LogP contribution in [-0.4, -0.2) is 10.5 Å². The van der Waals surface area contributed by atoms with Crippen LogP contribution in [0.5, 0.6) is 0 Å². The van der Waals surface area contributed by atoms with E-state index in [9.17, 15) is 4.79 Å². The van der Waals surface area contributed by atoms with Crippen LogP contribution in [0.25, 0.3) is 0 Å². The molecule has 1 N–H and O–H groups in total. The number of hydrogen-bond acceptors (Lipinski definition) is 5. The molecule has 0 fully saturated rings. The van der Waals surface area contributed by atoms with E-state index < -0.39 is 0 Å². The number of nitrogens with one attached hydrogen (secondary N) is 1. The molecule has 6 nitrogen and oxygen atoms in total. The van der Waals surface area contributed by atoms with Gasteiger partial charge in [-0.25, -0.2) is 4.99 Å². The van der Waals surface area contributed by atoms with Crippen LogP contribution in [0.15, 0.2) is 58.9 Å². The molecule has 0 radical (unpaired) electrons. The number of hydrogen-bond donors (Lipinski definition) is 1. The third-order valence-corrected chi connectivity index (χ3v) is 4.84. The van der Waals surface area contributed by atoms with Crippen molar-refractivity contribution in [3.05, 3.63) is 75.5 Å². The molecule has 0 aliphatic rings. The summed E-state index contributed by atoms with van der Waals surface area (Å²) in [6.45, 7) is 0. The lowest BCUT2D eigenvalue weighted by Crippen LogP contribution is -2.19. The first-order chi connectivity index (χ1) is 13.1. The van der Waals surface area contributed by atoms with E-state index in [0.29, 0.717) is 16.8 Å². The molecule has 3 rings (SSSR count). The van der Waals surface area contributed by atoms with Gasteiger partial charge in [-0.3, -0.25) is 4.79 Å². The highest BCUT2D eigenvalue weighted by atomic mass is 35.5. The molecule has 0 unspecified atom stereocenters. The van der Waals surface area contributed by atoms with E-state index in [1.807, 2.05) is 23.1 Å². The maximum atomic E-state index is 12.3. The Morgan fingerprint density at radius 1 is 1.07 bits per heavy atom. The minimum Gasteiger partial charge on any atom is -0.326 e. The highest BCUT2D eigenvalue weighted by Crippen LogP contribution is 2.13. The number of amides is 1. The highest BCUT2D eigenvalue weighted by molar-refractivity contribution is 7.07. The molecule has 28 heavy (non-hydrogen) atoms. The monoisotopic (exact) mass is 409 g/mol. The van der Waals surface area contributed by atoms with Crippen molar-refractivity contribution in [2.45, 2.75) is 6.42 Å². The molecule has 0 aliphatic carbocycles. The minimum atomic E-state index is -0.141. The fraction of sp³-hybridized carbons (Fsp3) is 0.100. The number of rotatable bonds is 4. The smallest absolute Gasteiger partial charge is 0.230 e. The van der Waals surface area contributed by atoms with Gasteiger partial charge < -0.3 is 9.88 Å². The molecule has 140 valence electrons. The van der Waals surface area contributed by atoms with Gasteiger partial charge in [-0.2, -0.15) is 10.5 Å². The predicted octanol–water partition coefficient (Wildman–Crippen LogP) is 3.67. The second kappa shape index (κ2) is 9.52. The van der Waals surface area contributed by atoms with Crippen LogP contribution in [0.4, 0.5) is 11.4 Å². The van der Waals surface area contributed by atoms with E-state index in [2.05, 4.69) is 16.4 Å². The average Bonchev–Trinajstić information content (AvgIpc) is 3.02. The van der Waals surface area contributed by atoms with Crippen LogP contribution >= 0.6 is 23.7 Å². The van der Waals surface area contributed by atoms with Gasteiger partial charge in [-0.05, 0) is 48.5 Å². The Labute approximate surface area is 172 Å². The van der Waals surface area contributed by atoms with E-state index >= 15 is 0 Å². The van der Waals surface area contributed by atoms with Crippen molar-refractivity contribution in [1.82, 2.24) is 4.57 Å². The number of nitriles is 2. The largest absolute Gasteiger partial charge is 0.326 e. The topological polar surface area (TPSA) is 94.0 Å².